The normalized spacial score (nSPS) is 16.1. The van der Waals surface area contributed by atoms with Gasteiger partial charge in [0.1, 0.15) is 0 Å². The lowest BCUT2D eigenvalue weighted by atomic mass is 9.85. The molecule has 0 amide bonds. The highest BCUT2D eigenvalue weighted by Gasteiger charge is 2.23. The molecule has 0 atom stereocenters. The van der Waals surface area contributed by atoms with Crippen LogP contribution in [0.5, 0.6) is 0 Å². The van der Waals surface area contributed by atoms with Crippen molar-refractivity contribution in [3.63, 3.8) is 0 Å². The molecule has 0 aromatic heterocycles. The molecule has 0 radical (unpaired) electrons. The Morgan fingerprint density at radius 3 is 2.29 bits per heavy atom. The quantitative estimate of drug-likeness (QED) is 0.846. The van der Waals surface area contributed by atoms with Gasteiger partial charge in [0.2, 0.25) is 0 Å². The highest BCUT2D eigenvalue weighted by atomic mass is 16.3. The topological polar surface area (TPSA) is 26.7 Å². The molecule has 2 rings (SSSR count). The van der Waals surface area contributed by atoms with Gasteiger partial charge in [-0.15, -0.1) is 0 Å². The zero-order chi connectivity index (χ0) is 12.6. The summed E-state index contributed by atoms with van der Waals surface area (Å²) in [6.45, 7) is 6.42. The van der Waals surface area contributed by atoms with E-state index in [9.17, 15) is 5.11 Å². The maximum absolute atomic E-state index is 9.45. The summed E-state index contributed by atoms with van der Waals surface area (Å²) >= 11 is 0. The van der Waals surface area contributed by atoms with E-state index in [0.717, 1.165) is 13.1 Å². The van der Waals surface area contributed by atoms with Crippen LogP contribution in [-0.4, -0.2) is 38.9 Å². The second-order valence-electron chi connectivity index (χ2n) is 5.59. The molecule has 0 bridgehead atoms. The van der Waals surface area contributed by atoms with E-state index < -0.39 is 0 Å². The van der Waals surface area contributed by atoms with Gasteiger partial charge in [0.05, 0.1) is 18.0 Å². The summed E-state index contributed by atoms with van der Waals surface area (Å²) in [6.07, 6.45) is 0. The predicted molar refractivity (Wildman–Crippen MR) is 73.1 cm³/mol. The van der Waals surface area contributed by atoms with Gasteiger partial charge in [0.15, 0.2) is 0 Å². The second-order valence-corrected chi connectivity index (χ2v) is 5.59. The largest absolute Gasteiger partial charge is 0.395 e. The first-order valence-corrected chi connectivity index (χ1v) is 6.13. The predicted octanol–water partition coefficient (Wildman–Crippen LogP) is 1.84. The molecule has 0 saturated heterocycles. The average molecular weight is 234 g/mol. The fraction of sp³-hybridized carbons (Fsp3) is 0.571. The molecule has 3 nitrogen and oxygen atoms in total. The number of aliphatic hydroxyl groups excluding tert-OH is 1. The lowest BCUT2D eigenvalue weighted by Crippen LogP contribution is -2.37. The third kappa shape index (κ3) is 2.12. The molecular weight excluding hydrogens is 212 g/mol. The van der Waals surface area contributed by atoms with Gasteiger partial charge in [-0.1, -0.05) is 19.9 Å². The van der Waals surface area contributed by atoms with Gasteiger partial charge < -0.3 is 14.9 Å². The smallest absolute Gasteiger partial charge is 0.0605 e. The highest BCUT2D eigenvalue weighted by Crippen LogP contribution is 2.35. The third-order valence-corrected chi connectivity index (χ3v) is 3.75. The fourth-order valence-corrected chi connectivity index (χ4v) is 2.21. The van der Waals surface area contributed by atoms with Crippen molar-refractivity contribution in [3.8, 4) is 0 Å². The number of fused-ring (bicyclic) bond motifs is 1. The van der Waals surface area contributed by atoms with Crippen LogP contribution in [0.25, 0.3) is 0 Å². The van der Waals surface area contributed by atoms with Crippen molar-refractivity contribution in [2.45, 2.75) is 19.3 Å². The molecule has 0 fully saturated rings. The van der Waals surface area contributed by atoms with Crippen LogP contribution < -0.4 is 9.80 Å². The van der Waals surface area contributed by atoms with Crippen LogP contribution in [0.3, 0.4) is 0 Å². The summed E-state index contributed by atoms with van der Waals surface area (Å²) in [4.78, 5) is 4.57. The lowest BCUT2D eigenvalue weighted by molar-refractivity contribution is 0.218. The molecule has 0 spiro atoms. The van der Waals surface area contributed by atoms with Gasteiger partial charge in [-0.3, -0.25) is 0 Å². The number of aliphatic hydroxyl groups is 1. The van der Waals surface area contributed by atoms with Crippen molar-refractivity contribution in [1.29, 1.82) is 0 Å². The molecule has 1 heterocycles. The van der Waals surface area contributed by atoms with Crippen molar-refractivity contribution in [3.05, 3.63) is 23.8 Å². The van der Waals surface area contributed by atoms with Crippen LogP contribution in [0.15, 0.2) is 18.2 Å². The van der Waals surface area contributed by atoms with Crippen LogP contribution in [0, 0.1) is 0 Å². The Morgan fingerprint density at radius 2 is 1.71 bits per heavy atom. The van der Waals surface area contributed by atoms with E-state index in [0.29, 0.717) is 0 Å². The minimum absolute atomic E-state index is 0.172. The number of hydrogen-bond donors (Lipinski definition) is 1. The molecule has 94 valence electrons. The monoisotopic (exact) mass is 234 g/mol. The van der Waals surface area contributed by atoms with Crippen LogP contribution in [-0.2, 0) is 5.41 Å². The van der Waals surface area contributed by atoms with Crippen LogP contribution >= 0.6 is 0 Å². The van der Waals surface area contributed by atoms with Crippen LogP contribution in [0.2, 0.25) is 0 Å². The minimum Gasteiger partial charge on any atom is -0.395 e. The Balaban J connectivity index is 2.46. The first kappa shape index (κ1) is 12.2. The maximum Gasteiger partial charge on any atom is 0.0605 e. The van der Waals surface area contributed by atoms with E-state index in [1.54, 1.807) is 0 Å². The maximum atomic E-state index is 9.45. The Kier molecular flexibility index (Phi) is 3.04. The van der Waals surface area contributed by atoms with Gasteiger partial charge in [0.25, 0.3) is 0 Å². The van der Waals surface area contributed by atoms with Gasteiger partial charge in [-0.05, 0) is 17.7 Å². The number of likely N-dealkylation sites (N-methyl/N-ethyl adjacent to an activating group) is 2. The standard InChI is InChI=1S/C14H22N2O/c1-14(2,10-17)11-5-6-12-13(9-11)16(4)8-7-15(12)3/h5-6,9,17H,7-8,10H2,1-4H3. The van der Waals surface area contributed by atoms with Crippen LogP contribution in [0.1, 0.15) is 19.4 Å². The summed E-state index contributed by atoms with van der Waals surface area (Å²) < 4.78 is 0. The number of benzene rings is 1. The molecule has 0 unspecified atom stereocenters. The van der Waals surface area contributed by atoms with E-state index in [2.05, 4.69) is 55.9 Å². The first-order valence-electron chi connectivity index (χ1n) is 6.13. The first-order chi connectivity index (χ1) is 7.95. The summed E-state index contributed by atoms with van der Waals surface area (Å²) in [5.41, 5.74) is 3.56. The van der Waals surface area contributed by atoms with E-state index in [1.807, 2.05) is 0 Å². The van der Waals surface area contributed by atoms with Crippen molar-refractivity contribution < 1.29 is 5.11 Å². The molecule has 1 N–H and O–H groups in total. The van der Waals surface area contributed by atoms with Crippen LogP contribution in [0.4, 0.5) is 11.4 Å². The number of anilines is 2. The Hall–Kier alpha value is -1.22. The minimum atomic E-state index is -0.175. The van der Waals surface area contributed by atoms with Crippen molar-refractivity contribution in [2.24, 2.45) is 0 Å². The van der Waals surface area contributed by atoms with Crippen molar-refractivity contribution >= 4 is 11.4 Å². The number of rotatable bonds is 2. The van der Waals surface area contributed by atoms with E-state index >= 15 is 0 Å². The Bertz CT molecular complexity index is 415. The summed E-state index contributed by atoms with van der Waals surface area (Å²) in [7, 11) is 4.25. The molecule has 1 aliphatic heterocycles. The van der Waals surface area contributed by atoms with E-state index in [-0.39, 0.29) is 12.0 Å². The zero-order valence-corrected chi connectivity index (χ0v) is 11.2. The molecule has 3 heteroatoms. The summed E-state index contributed by atoms with van der Waals surface area (Å²) in [5, 5.41) is 9.45. The average Bonchev–Trinajstić information content (AvgIpc) is 2.33. The summed E-state index contributed by atoms with van der Waals surface area (Å²) in [6, 6.07) is 6.50. The number of nitrogens with zero attached hydrogens (tertiary/aromatic N) is 2. The molecule has 17 heavy (non-hydrogen) atoms. The van der Waals surface area contributed by atoms with E-state index in [4.69, 9.17) is 0 Å². The molecule has 1 aliphatic rings. The van der Waals surface area contributed by atoms with Gasteiger partial charge >= 0.3 is 0 Å². The highest BCUT2D eigenvalue weighted by molar-refractivity contribution is 5.74. The Morgan fingerprint density at radius 1 is 1.12 bits per heavy atom. The van der Waals surface area contributed by atoms with Gasteiger partial charge in [-0.25, -0.2) is 0 Å². The molecule has 0 saturated carbocycles. The van der Waals surface area contributed by atoms with Crippen molar-refractivity contribution in [2.75, 3.05) is 43.6 Å². The zero-order valence-electron chi connectivity index (χ0n) is 11.2. The molecule has 1 aromatic rings. The van der Waals surface area contributed by atoms with E-state index in [1.165, 1.54) is 16.9 Å². The third-order valence-electron chi connectivity index (χ3n) is 3.75. The second kappa shape index (κ2) is 4.22. The van der Waals surface area contributed by atoms with Gasteiger partial charge in [0, 0.05) is 32.6 Å². The SMILES string of the molecule is CN1CCN(C)c2cc(C(C)(C)CO)ccc21. The molecule has 1 aromatic carbocycles. The van der Waals surface area contributed by atoms with Gasteiger partial charge in [-0.2, -0.15) is 0 Å². The molecular formula is C14H22N2O. The lowest BCUT2D eigenvalue weighted by Gasteiger charge is -2.36. The van der Waals surface area contributed by atoms with Crippen molar-refractivity contribution in [1.82, 2.24) is 0 Å². The summed E-state index contributed by atoms with van der Waals surface area (Å²) in [5.74, 6) is 0. The Labute approximate surface area is 104 Å². The fourth-order valence-electron chi connectivity index (χ4n) is 2.21. The molecule has 0 aliphatic carbocycles. The number of hydrogen-bond acceptors (Lipinski definition) is 3.